The first-order valence-corrected chi connectivity index (χ1v) is 40.2. The SMILES string of the molecule is CCC(C)CCCCCCCCC(=O)OC[C@H](COP(=O)(O)OC[C@H](O)COP(=O)(O)OC[C@@H](COC(=O)CCCCCCCCCCCCCCC(C)C)OC(=O)CCCCCCCCCCCCCCCCC(C)C)OC(=O)CCCCCCCCC(C)C. The molecular weight excluding hydrogens is 1200 g/mol. The van der Waals surface area contributed by atoms with Gasteiger partial charge in [0, 0.05) is 25.7 Å². The van der Waals surface area contributed by atoms with E-state index in [-0.39, 0.29) is 25.7 Å². The fourth-order valence-corrected chi connectivity index (χ4v) is 12.4. The first kappa shape index (κ1) is 89.1. The Labute approximate surface area is 556 Å². The molecular formula is C72H140O17P2. The number of phosphoric ester groups is 2. The maximum Gasteiger partial charge on any atom is 0.472 e. The molecule has 0 aliphatic rings. The minimum atomic E-state index is -4.95. The van der Waals surface area contributed by atoms with Crippen molar-refractivity contribution in [3.8, 4) is 0 Å². The molecule has 0 aliphatic carbocycles. The van der Waals surface area contributed by atoms with E-state index in [1.54, 1.807) is 0 Å². The molecule has 3 unspecified atom stereocenters. The van der Waals surface area contributed by atoms with Gasteiger partial charge in [-0.25, -0.2) is 9.13 Å². The van der Waals surface area contributed by atoms with Crippen LogP contribution in [0.4, 0.5) is 0 Å². The standard InChI is InChI=1S/C72H140O17P2/c1-9-65(8)51-43-35-29-31-37-45-53-70(75)83-59-68(89-72(77)55-47-39-30-28-34-42-50-64(6)7)61-87-91(80,81)85-57-66(73)56-84-90(78,79)86-60-67(58-82-69(74)52-44-36-26-22-18-15-14-17-21-25-33-41-49-63(4)5)88-71(76)54-46-38-27-23-19-13-11-10-12-16-20-24-32-40-48-62(2)3/h62-68,73H,9-61H2,1-8H3,(H,78,79)(H,80,81)/t65?,66-,67-,68-/m1/s1. The Bertz CT molecular complexity index is 1800. The van der Waals surface area contributed by atoms with Gasteiger partial charge in [0.25, 0.3) is 0 Å². The second-order valence-electron chi connectivity index (χ2n) is 27.6. The summed E-state index contributed by atoms with van der Waals surface area (Å²) in [7, 11) is -9.90. The van der Waals surface area contributed by atoms with Gasteiger partial charge in [-0.3, -0.25) is 37.3 Å². The summed E-state index contributed by atoms with van der Waals surface area (Å²) in [5.74, 6) is 0.846. The highest BCUT2D eigenvalue weighted by Gasteiger charge is 2.30. The minimum Gasteiger partial charge on any atom is -0.462 e. The lowest BCUT2D eigenvalue weighted by Gasteiger charge is -2.21. The van der Waals surface area contributed by atoms with E-state index in [4.69, 9.17) is 37.0 Å². The maximum atomic E-state index is 13.0. The van der Waals surface area contributed by atoms with Crippen molar-refractivity contribution in [3.05, 3.63) is 0 Å². The van der Waals surface area contributed by atoms with Crippen LogP contribution in [0.2, 0.25) is 0 Å². The molecule has 0 saturated carbocycles. The summed E-state index contributed by atoms with van der Waals surface area (Å²) in [5, 5.41) is 10.6. The molecule has 0 amide bonds. The Hall–Kier alpha value is -1.94. The largest absolute Gasteiger partial charge is 0.472 e. The number of carbonyl (C=O) groups is 4. The minimum absolute atomic E-state index is 0.101. The third kappa shape index (κ3) is 65.1. The van der Waals surface area contributed by atoms with Gasteiger partial charge in [-0.15, -0.1) is 0 Å². The lowest BCUT2D eigenvalue weighted by Crippen LogP contribution is -2.30. The average molecular weight is 1340 g/mol. The van der Waals surface area contributed by atoms with E-state index in [1.807, 2.05) is 0 Å². The van der Waals surface area contributed by atoms with Gasteiger partial charge < -0.3 is 33.8 Å². The van der Waals surface area contributed by atoms with Crippen LogP contribution in [0.5, 0.6) is 0 Å². The third-order valence-corrected chi connectivity index (χ3v) is 18.8. The summed E-state index contributed by atoms with van der Waals surface area (Å²) in [5.41, 5.74) is 0. The number of aliphatic hydroxyl groups excluding tert-OH is 1. The molecule has 0 fully saturated rings. The molecule has 6 atom stereocenters. The summed E-state index contributed by atoms with van der Waals surface area (Å²) in [6.45, 7) is 14.1. The molecule has 0 radical (unpaired) electrons. The van der Waals surface area contributed by atoms with Crippen LogP contribution in [0.15, 0.2) is 0 Å². The molecule has 0 aliphatic heterocycles. The van der Waals surface area contributed by atoms with Crippen molar-refractivity contribution in [2.45, 2.75) is 375 Å². The van der Waals surface area contributed by atoms with Crippen molar-refractivity contribution in [1.29, 1.82) is 0 Å². The zero-order chi connectivity index (χ0) is 67.5. The smallest absolute Gasteiger partial charge is 0.462 e. The fraction of sp³-hybridized carbons (Fsp3) is 0.944. The molecule has 0 spiro atoms. The average Bonchev–Trinajstić information content (AvgIpc) is 3.72. The monoisotopic (exact) mass is 1340 g/mol. The number of hydrogen-bond donors (Lipinski definition) is 3. The van der Waals surface area contributed by atoms with Crippen molar-refractivity contribution in [3.63, 3.8) is 0 Å². The Morgan fingerprint density at radius 2 is 0.527 bits per heavy atom. The van der Waals surface area contributed by atoms with Gasteiger partial charge in [-0.2, -0.15) is 0 Å². The van der Waals surface area contributed by atoms with Gasteiger partial charge >= 0.3 is 39.5 Å². The van der Waals surface area contributed by atoms with Crippen LogP contribution in [-0.4, -0.2) is 96.7 Å². The number of phosphoric acid groups is 2. The topological polar surface area (TPSA) is 237 Å². The lowest BCUT2D eigenvalue weighted by molar-refractivity contribution is -0.161. The number of aliphatic hydroxyl groups is 1. The quantitative estimate of drug-likeness (QED) is 0.0222. The molecule has 0 saturated heterocycles. The molecule has 0 aromatic heterocycles. The molecule has 0 bridgehead atoms. The number of unbranched alkanes of at least 4 members (excludes halogenated alkanes) is 34. The predicted molar refractivity (Wildman–Crippen MR) is 367 cm³/mol. The first-order valence-electron chi connectivity index (χ1n) is 37.2. The summed E-state index contributed by atoms with van der Waals surface area (Å²) in [6.07, 6.45) is 44.7. The first-order chi connectivity index (χ1) is 43.6. The van der Waals surface area contributed by atoms with E-state index in [1.165, 1.54) is 154 Å². The summed E-state index contributed by atoms with van der Waals surface area (Å²) in [6, 6.07) is 0. The van der Waals surface area contributed by atoms with E-state index in [9.17, 15) is 43.2 Å². The molecule has 540 valence electrons. The Kier molecular flexibility index (Phi) is 60.3. The van der Waals surface area contributed by atoms with Crippen molar-refractivity contribution < 1.29 is 80.2 Å². The molecule has 0 aromatic carbocycles. The van der Waals surface area contributed by atoms with Gasteiger partial charge in [-0.1, -0.05) is 306 Å². The molecule has 0 rings (SSSR count). The summed E-state index contributed by atoms with van der Waals surface area (Å²) in [4.78, 5) is 72.6. The number of esters is 4. The molecule has 19 heteroatoms. The zero-order valence-corrected chi connectivity index (χ0v) is 61.3. The van der Waals surface area contributed by atoms with Crippen LogP contribution in [-0.2, 0) is 65.4 Å². The van der Waals surface area contributed by atoms with Crippen LogP contribution < -0.4 is 0 Å². The third-order valence-electron chi connectivity index (χ3n) is 16.9. The Morgan fingerprint density at radius 1 is 0.308 bits per heavy atom. The molecule has 91 heavy (non-hydrogen) atoms. The summed E-state index contributed by atoms with van der Waals surface area (Å²) < 4.78 is 68.3. The van der Waals surface area contributed by atoms with Crippen LogP contribution in [0, 0.1) is 23.7 Å². The highest BCUT2D eigenvalue weighted by molar-refractivity contribution is 7.47. The number of rotatable bonds is 69. The number of hydrogen-bond acceptors (Lipinski definition) is 15. The zero-order valence-electron chi connectivity index (χ0n) is 59.5. The molecule has 17 nitrogen and oxygen atoms in total. The Balaban J connectivity index is 5.23. The van der Waals surface area contributed by atoms with E-state index in [2.05, 4.69) is 55.4 Å². The van der Waals surface area contributed by atoms with E-state index in [0.717, 1.165) is 114 Å². The van der Waals surface area contributed by atoms with Gasteiger partial charge in [0.05, 0.1) is 26.4 Å². The van der Waals surface area contributed by atoms with Crippen molar-refractivity contribution in [1.82, 2.24) is 0 Å². The van der Waals surface area contributed by atoms with Crippen LogP contribution in [0.25, 0.3) is 0 Å². The van der Waals surface area contributed by atoms with Crippen LogP contribution in [0.3, 0.4) is 0 Å². The normalized spacial score (nSPS) is 14.5. The molecule has 3 N–H and O–H groups in total. The summed E-state index contributed by atoms with van der Waals surface area (Å²) >= 11 is 0. The molecule has 0 aromatic rings. The predicted octanol–water partition coefficient (Wildman–Crippen LogP) is 20.5. The number of ether oxygens (including phenoxy) is 4. The van der Waals surface area contributed by atoms with E-state index in [0.29, 0.717) is 31.6 Å². The van der Waals surface area contributed by atoms with E-state index >= 15 is 0 Å². The van der Waals surface area contributed by atoms with Crippen LogP contribution >= 0.6 is 15.6 Å². The Morgan fingerprint density at radius 3 is 0.780 bits per heavy atom. The lowest BCUT2D eigenvalue weighted by atomic mass is 10.00. The van der Waals surface area contributed by atoms with Crippen molar-refractivity contribution in [2.75, 3.05) is 39.6 Å². The second-order valence-corrected chi connectivity index (χ2v) is 30.6. The van der Waals surface area contributed by atoms with Crippen molar-refractivity contribution in [2.24, 2.45) is 23.7 Å². The molecule has 0 heterocycles. The number of carbonyl (C=O) groups excluding carboxylic acids is 4. The fourth-order valence-electron chi connectivity index (χ4n) is 10.8. The van der Waals surface area contributed by atoms with Gasteiger partial charge in [-0.05, 0) is 49.4 Å². The second kappa shape index (κ2) is 61.6. The van der Waals surface area contributed by atoms with Crippen LogP contribution in [0.1, 0.15) is 357 Å². The van der Waals surface area contributed by atoms with E-state index < -0.39 is 97.5 Å². The highest BCUT2D eigenvalue weighted by atomic mass is 31.2. The van der Waals surface area contributed by atoms with Crippen molar-refractivity contribution >= 4 is 39.5 Å². The van der Waals surface area contributed by atoms with Gasteiger partial charge in [0.15, 0.2) is 12.2 Å². The highest BCUT2D eigenvalue weighted by Crippen LogP contribution is 2.45. The van der Waals surface area contributed by atoms with Gasteiger partial charge in [0.2, 0.25) is 0 Å². The maximum absolute atomic E-state index is 13.0. The van der Waals surface area contributed by atoms with Gasteiger partial charge in [0.1, 0.15) is 19.3 Å².